The lowest BCUT2D eigenvalue weighted by Crippen LogP contribution is -2.14. The molecule has 0 aliphatic carbocycles. The van der Waals surface area contributed by atoms with E-state index in [0.29, 0.717) is 6.61 Å². The normalized spacial score (nSPS) is 10.8. The Labute approximate surface area is 111 Å². The summed E-state index contributed by atoms with van der Waals surface area (Å²) < 4.78 is 5.58. The predicted octanol–water partition coefficient (Wildman–Crippen LogP) is 3.29. The molecular formula is C15H26N2O. The van der Waals surface area contributed by atoms with Gasteiger partial charge in [0, 0.05) is 19.3 Å². The second-order valence-electron chi connectivity index (χ2n) is 4.59. The highest BCUT2D eigenvalue weighted by molar-refractivity contribution is 5.13. The Morgan fingerprint density at radius 3 is 2.72 bits per heavy atom. The summed E-state index contributed by atoms with van der Waals surface area (Å²) in [6.45, 7) is 7.81. The lowest BCUT2D eigenvalue weighted by Gasteiger charge is -2.05. The second kappa shape index (κ2) is 10.0. The van der Waals surface area contributed by atoms with Crippen LogP contribution in [0.3, 0.4) is 0 Å². The molecule has 0 aliphatic heterocycles. The van der Waals surface area contributed by atoms with Gasteiger partial charge in [0.1, 0.15) is 0 Å². The quantitative estimate of drug-likeness (QED) is 0.647. The lowest BCUT2D eigenvalue weighted by atomic mass is 10.2. The number of unbranched alkanes of at least 4 members (excludes halogenated alkanes) is 2. The highest BCUT2D eigenvalue weighted by atomic mass is 16.5. The molecule has 0 amide bonds. The monoisotopic (exact) mass is 250 g/mol. The minimum atomic E-state index is 0.631. The summed E-state index contributed by atoms with van der Waals surface area (Å²) in [6.07, 6.45) is 6.73. The van der Waals surface area contributed by atoms with Crippen LogP contribution in [-0.4, -0.2) is 18.1 Å². The number of ether oxygens (including phenoxy) is 1. The third-order valence-corrected chi connectivity index (χ3v) is 2.78. The Kier molecular flexibility index (Phi) is 8.43. The molecule has 3 nitrogen and oxygen atoms in total. The Balaban J connectivity index is 2.19. The van der Waals surface area contributed by atoms with Gasteiger partial charge in [-0.15, -0.1) is 0 Å². The SMILES string of the molecule is CCCCCOCc1ccc(CNCCC)cn1. The van der Waals surface area contributed by atoms with Crippen molar-refractivity contribution in [1.29, 1.82) is 0 Å². The van der Waals surface area contributed by atoms with Crippen molar-refractivity contribution in [1.82, 2.24) is 10.3 Å². The number of rotatable bonds is 10. The maximum Gasteiger partial charge on any atom is 0.0887 e. The minimum Gasteiger partial charge on any atom is -0.375 e. The molecule has 0 fully saturated rings. The van der Waals surface area contributed by atoms with E-state index in [2.05, 4.69) is 36.3 Å². The fourth-order valence-corrected chi connectivity index (χ4v) is 1.69. The Bertz CT molecular complexity index is 298. The number of hydrogen-bond acceptors (Lipinski definition) is 3. The first-order valence-electron chi connectivity index (χ1n) is 7.09. The first kappa shape index (κ1) is 15.1. The van der Waals surface area contributed by atoms with Gasteiger partial charge in [-0.2, -0.15) is 0 Å². The summed E-state index contributed by atoms with van der Waals surface area (Å²) in [5.74, 6) is 0. The van der Waals surface area contributed by atoms with Crippen LogP contribution in [0.4, 0.5) is 0 Å². The molecule has 0 radical (unpaired) electrons. The van der Waals surface area contributed by atoms with Crippen LogP contribution in [0, 0.1) is 0 Å². The molecule has 1 aromatic heterocycles. The van der Waals surface area contributed by atoms with Crippen molar-refractivity contribution in [2.45, 2.75) is 52.7 Å². The average molecular weight is 250 g/mol. The topological polar surface area (TPSA) is 34.1 Å². The Morgan fingerprint density at radius 1 is 1.17 bits per heavy atom. The molecule has 0 saturated carbocycles. The van der Waals surface area contributed by atoms with Gasteiger partial charge in [-0.25, -0.2) is 0 Å². The maximum absolute atomic E-state index is 5.58. The first-order chi connectivity index (χ1) is 8.86. The fourth-order valence-electron chi connectivity index (χ4n) is 1.69. The molecule has 0 spiro atoms. The number of aromatic nitrogens is 1. The zero-order chi connectivity index (χ0) is 13.1. The van der Waals surface area contributed by atoms with Gasteiger partial charge < -0.3 is 10.1 Å². The molecular weight excluding hydrogens is 224 g/mol. The van der Waals surface area contributed by atoms with Gasteiger partial charge in [0.15, 0.2) is 0 Å². The van der Waals surface area contributed by atoms with E-state index < -0.39 is 0 Å². The summed E-state index contributed by atoms with van der Waals surface area (Å²) in [6, 6.07) is 4.18. The Hall–Kier alpha value is -0.930. The summed E-state index contributed by atoms with van der Waals surface area (Å²) in [7, 11) is 0. The number of nitrogens with one attached hydrogen (secondary N) is 1. The van der Waals surface area contributed by atoms with E-state index >= 15 is 0 Å². The van der Waals surface area contributed by atoms with Crippen LogP contribution >= 0.6 is 0 Å². The van der Waals surface area contributed by atoms with Crippen molar-refractivity contribution in [2.75, 3.05) is 13.2 Å². The molecule has 0 aliphatic rings. The zero-order valence-electron chi connectivity index (χ0n) is 11.7. The van der Waals surface area contributed by atoms with Crippen molar-refractivity contribution < 1.29 is 4.74 Å². The molecule has 0 atom stereocenters. The van der Waals surface area contributed by atoms with E-state index in [1.807, 2.05) is 6.20 Å². The van der Waals surface area contributed by atoms with Crippen molar-refractivity contribution in [2.24, 2.45) is 0 Å². The number of hydrogen-bond donors (Lipinski definition) is 1. The largest absolute Gasteiger partial charge is 0.375 e. The summed E-state index contributed by atoms with van der Waals surface area (Å²) in [5.41, 5.74) is 2.25. The van der Waals surface area contributed by atoms with Gasteiger partial charge in [-0.05, 0) is 31.0 Å². The molecule has 18 heavy (non-hydrogen) atoms. The molecule has 3 heteroatoms. The lowest BCUT2D eigenvalue weighted by molar-refractivity contribution is 0.114. The summed E-state index contributed by atoms with van der Waals surface area (Å²) in [4.78, 5) is 4.41. The van der Waals surface area contributed by atoms with Crippen LogP contribution in [0.2, 0.25) is 0 Å². The van der Waals surface area contributed by atoms with Gasteiger partial charge in [-0.3, -0.25) is 4.98 Å². The molecule has 1 N–H and O–H groups in total. The first-order valence-corrected chi connectivity index (χ1v) is 7.09. The highest BCUT2D eigenvalue weighted by Crippen LogP contribution is 2.03. The molecule has 1 rings (SSSR count). The van der Waals surface area contributed by atoms with Gasteiger partial charge >= 0.3 is 0 Å². The molecule has 0 saturated heterocycles. The van der Waals surface area contributed by atoms with Crippen LogP contribution in [-0.2, 0) is 17.9 Å². The smallest absolute Gasteiger partial charge is 0.0887 e. The summed E-state index contributed by atoms with van der Waals surface area (Å²) in [5, 5.41) is 3.37. The standard InChI is InChI=1S/C15H26N2O/c1-3-5-6-10-18-13-15-8-7-14(12-17-15)11-16-9-4-2/h7-8,12,16H,3-6,9-11,13H2,1-2H3. The van der Waals surface area contributed by atoms with Crippen molar-refractivity contribution >= 4 is 0 Å². The van der Waals surface area contributed by atoms with Crippen LogP contribution in [0.1, 0.15) is 50.8 Å². The number of nitrogens with zero attached hydrogens (tertiary/aromatic N) is 1. The van der Waals surface area contributed by atoms with Gasteiger partial charge in [-0.1, -0.05) is 32.8 Å². The van der Waals surface area contributed by atoms with Crippen molar-refractivity contribution in [3.8, 4) is 0 Å². The molecule has 102 valence electrons. The van der Waals surface area contributed by atoms with Crippen LogP contribution in [0.25, 0.3) is 0 Å². The van der Waals surface area contributed by atoms with E-state index in [1.54, 1.807) is 0 Å². The zero-order valence-corrected chi connectivity index (χ0v) is 11.7. The molecule has 0 unspecified atom stereocenters. The van der Waals surface area contributed by atoms with Crippen LogP contribution < -0.4 is 5.32 Å². The minimum absolute atomic E-state index is 0.631. The molecule has 0 aromatic carbocycles. The Morgan fingerprint density at radius 2 is 2.06 bits per heavy atom. The van der Waals surface area contributed by atoms with Crippen LogP contribution in [0.15, 0.2) is 18.3 Å². The summed E-state index contributed by atoms with van der Waals surface area (Å²) >= 11 is 0. The molecule has 1 heterocycles. The third-order valence-electron chi connectivity index (χ3n) is 2.78. The molecule has 0 bridgehead atoms. The number of pyridine rings is 1. The van der Waals surface area contributed by atoms with Gasteiger partial charge in [0.25, 0.3) is 0 Å². The average Bonchev–Trinajstić information content (AvgIpc) is 2.40. The third kappa shape index (κ3) is 6.72. The molecule has 1 aromatic rings. The van der Waals surface area contributed by atoms with Crippen molar-refractivity contribution in [3.05, 3.63) is 29.6 Å². The van der Waals surface area contributed by atoms with Gasteiger partial charge in [0.05, 0.1) is 12.3 Å². The van der Waals surface area contributed by atoms with E-state index in [4.69, 9.17) is 4.74 Å². The second-order valence-corrected chi connectivity index (χ2v) is 4.59. The van der Waals surface area contributed by atoms with E-state index in [1.165, 1.54) is 18.4 Å². The fraction of sp³-hybridized carbons (Fsp3) is 0.667. The van der Waals surface area contributed by atoms with Crippen LogP contribution in [0.5, 0.6) is 0 Å². The van der Waals surface area contributed by atoms with Crippen molar-refractivity contribution in [3.63, 3.8) is 0 Å². The van der Waals surface area contributed by atoms with E-state index in [0.717, 1.165) is 38.2 Å². The van der Waals surface area contributed by atoms with E-state index in [-0.39, 0.29) is 0 Å². The maximum atomic E-state index is 5.58. The van der Waals surface area contributed by atoms with Gasteiger partial charge in [0.2, 0.25) is 0 Å². The van der Waals surface area contributed by atoms with E-state index in [9.17, 15) is 0 Å². The predicted molar refractivity (Wildman–Crippen MR) is 75.4 cm³/mol. The highest BCUT2D eigenvalue weighted by Gasteiger charge is 1.97.